The van der Waals surface area contributed by atoms with Gasteiger partial charge in [0.05, 0.1) is 29.2 Å². The van der Waals surface area contributed by atoms with E-state index in [1.165, 1.54) is 12.1 Å². The molecule has 12 nitrogen and oxygen atoms in total. The molecule has 0 saturated heterocycles. The molecule has 2 aromatic rings. The van der Waals surface area contributed by atoms with Gasteiger partial charge in [-0.25, -0.2) is 0 Å². The molecule has 6 atom stereocenters. The van der Waals surface area contributed by atoms with Crippen LogP contribution >= 0.6 is 0 Å². The van der Waals surface area contributed by atoms with Gasteiger partial charge in [-0.3, -0.25) is 14.9 Å². The fraction of sp³-hybridized carbons (Fsp3) is 0.571. The highest BCUT2D eigenvalue weighted by molar-refractivity contribution is 6.03. The predicted molar refractivity (Wildman–Crippen MR) is 204 cm³/mol. The number of ether oxygens (including phenoxy) is 3. The van der Waals surface area contributed by atoms with Crippen LogP contribution in [0.1, 0.15) is 89.5 Å². The number of hydrogen-bond donors (Lipinski definition) is 2. The lowest BCUT2D eigenvalue weighted by Gasteiger charge is -2.60. The van der Waals surface area contributed by atoms with Crippen LogP contribution in [0.15, 0.2) is 71.9 Å². The minimum absolute atomic E-state index is 0.0223. The first-order chi connectivity index (χ1) is 26.3. The van der Waals surface area contributed by atoms with Crippen LogP contribution in [-0.4, -0.2) is 76.5 Å². The molecule has 0 unspecified atom stereocenters. The summed E-state index contributed by atoms with van der Waals surface area (Å²) in [4.78, 5) is 33.1. The van der Waals surface area contributed by atoms with E-state index in [0.717, 1.165) is 61.8 Å². The van der Waals surface area contributed by atoms with E-state index in [1.54, 1.807) is 24.3 Å². The Morgan fingerprint density at radius 3 is 2.54 bits per heavy atom. The summed E-state index contributed by atoms with van der Waals surface area (Å²) in [6.45, 7) is 9.29. The number of oxime groups is 1. The number of nitro benzene ring substituents is 1. The van der Waals surface area contributed by atoms with Gasteiger partial charge < -0.3 is 34.2 Å². The van der Waals surface area contributed by atoms with Crippen LogP contribution in [-0.2, 0) is 14.4 Å². The predicted octanol–water partition coefficient (Wildman–Crippen LogP) is 7.69. The normalized spacial score (nSPS) is 26.2. The van der Waals surface area contributed by atoms with Gasteiger partial charge in [0.2, 0.25) is 11.7 Å². The third-order valence-corrected chi connectivity index (χ3v) is 11.3. The zero-order valence-corrected chi connectivity index (χ0v) is 31.6. The molecule has 2 saturated carbocycles. The smallest absolute Gasteiger partial charge is 0.273 e. The number of nitro groups is 1. The average Bonchev–Trinajstić information content (AvgIpc) is 4.03. The van der Waals surface area contributed by atoms with Crippen molar-refractivity contribution in [3.63, 3.8) is 0 Å². The van der Waals surface area contributed by atoms with Gasteiger partial charge in [0.15, 0.2) is 0 Å². The molecule has 2 aromatic carbocycles. The number of rotatable bonds is 20. The lowest BCUT2D eigenvalue weighted by molar-refractivity contribution is -0.384. The summed E-state index contributed by atoms with van der Waals surface area (Å²) >= 11 is 0. The minimum atomic E-state index is -1.30. The van der Waals surface area contributed by atoms with E-state index in [0.29, 0.717) is 49.7 Å². The van der Waals surface area contributed by atoms with Crippen LogP contribution in [0.3, 0.4) is 0 Å². The van der Waals surface area contributed by atoms with E-state index in [1.807, 2.05) is 24.0 Å². The van der Waals surface area contributed by atoms with E-state index in [4.69, 9.17) is 24.2 Å². The fourth-order valence-electron chi connectivity index (χ4n) is 8.88. The third-order valence-electron chi connectivity index (χ3n) is 11.3. The maximum Gasteiger partial charge on any atom is 0.273 e. The summed E-state index contributed by atoms with van der Waals surface area (Å²) in [5.74, 6) is -0.178. The number of amides is 1. The second kappa shape index (κ2) is 17.9. The van der Waals surface area contributed by atoms with Gasteiger partial charge in [-0.2, -0.15) is 0 Å². The fourth-order valence-corrected chi connectivity index (χ4v) is 8.88. The van der Waals surface area contributed by atoms with E-state index in [9.17, 15) is 25.1 Å². The van der Waals surface area contributed by atoms with Gasteiger partial charge >= 0.3 is 0 Å². The number of non-ortho nitro benzene ring substituents is 1. The second-order valence-electron chi connectivity index (χ2n) is 14.9. The Balaban J connectivity index is 1.57. The summed E-state index contributed by atoms with van der Waals surface area (Å²) in [6.07, 6.45) is 11.5. The van der Waals surface area contributed by atoms with Gasteiger partial charge in [0.1, 0.15) is 29.9 Å². The number of aliphatic hydroxyl groups is 2. The molecule has 0 radical (unpaired) electrons. The largest absolute Gasteiger partial charge is 0.459 e. The first kappa shape index (κ1) is 39.4. The van der Waals surface area contributed by atoms with Crippen molar-refractivity contribution in [2.24, 2.45) is 28.8 Å². The second-order valence-corrected chi connectivity index (χ2v) is 14.9. The van der Waals surface area contributed by atoms with Crippen LogP contribution < -0.4 is 9.47 Å². The van der Waals surface area contributed by atoms with Crippen molar-refractivity contribution in [2.75, 3.05) is 33.0 Å². The molecule has 6 rings (SSSR count). The number of carbonyl (C=O) groups is 1. The van der Waals surface area contributed by atoms with Gasteiger partial charge in [-0.15, -0.1) is 6.58 Å². The van der Waals surface area contributed by atoms with E-state index in [2.05, 4.69) is 19.6 Å². The summed E-state index contributed by atoms with van der Waals surface area (Å²) in [5.41, 5.74) is 2.60. The molecule has 2 fully saturated rings. The van der Waals surface area contributed by atoms with Crippen LogP contribution in [0.2, 0.25) is 0 Å². The number of aliphatic hydroxyl groups excluding tert-OH is 2. The van der Waals surface area contributed by atoms with Crippen molar-refractivity contribution in [3.05, 3.63) is 82.4 Å². The molecule has 12 heteroatoms. The Bertz CT molecular complexity index is 1710. The third kappa shape index (κ3) is 8.21. The Morgan fingerprint density at radius 2 is 1.85 bits per heavy atom. The van der Waals surface area contributed by atoms with E-state index < -0.39 is 22.7 Å². The lowest BCUT2D eigenvalue weighted by Crippen LogP contribution is -2.70. The molecule has 2 N–H and O–H groups in total. The van der Waals surface area contributed by atoms with Crippen LogP contribution in [0.5, 0.6) is 17.2 Å². The molecule has 0 bridgehead atoms. The minimum Gasteiger partial charge on any atom is -0.459 e. The number of fused-ring (bicyclic) bond motifs is 2. The molecule has 3 aliphatic carbocycles. The van der Waals surface area contributed by atoms with Crippen molar-refractivity contribution >= 4 is 17.3 Å². The Hall–Kier alpha value is -4.26. The monoisotopic (exact) mass is 745 g/mol. The van der Waals surface area contributed by atoms with Crippen molar-refractivity contribution in [3.8, 4) is 17.2 Å². The molecule has 1 amide bonds. The van der Waals surface area contributed by atoms with E-state index in [-0.39, 0.29) is 55.1 Å². The van der Waals surface area contributed by atoms with Crippen molar-refractivity contribution in [1.82, 2.24) is 4.90 Å². The van der Waals surface area contributed by atoms with Gasteiger partial charge in [0, 0.05) is 49.6 Å². The summed E-state index contributed by atoms with van der Waals surface area (Å²) in [6, 6.07) is 11.3. The molecule has 0 aromatic heterocycles. The molecule has 1 aliphatic heterocycles. The number of carbonyl (C=O) groups excluding carboxylic acids is 1. The molecule has 0 spiro atoms. The van der Waals surface area contributed by atoms with Crippen LogP contribution in [0, 0.1) is 33.8 Å². The first-order valence-corrected chi connectivity index (χ1v) is 19.7. The van der Waals surface area contributed by atoms with E-state index >= 15 is 0 Å². The highest BCUT2D eigenvalue weighted by atomic mass is 16.7. The average molecular weight is 746 g/mol. The summed E-state index contributed by atoms with van der Waals surface area (Å²) < 4.78 is 20.5. The first-order valence-electron chi connectivity index (χ1n) is 19.7. The summed E-state index contributed by atoms with van der Waals surface area (Å²) in [5, 5.41) is 35.9. The molecule has 4 aliphatic rings. The molecule has 1 heterocycles. The number of nitrogens with zero attached hydrogens (tertiary/aromatic N) is 3. The number of hydrogen-bond acceptors (Lipinski definition) is 10. The highest BCUT2D eigenvalue weighted by Gasteiger charge is 2.65. The molecule has 292 valence electrons. The SMILES string of the molecule is C=CCO[C@@]12Oc3ccc(Oc4cccc([N+](=O)[O-])c4)cc3[C@H]3[C@H](CCCCO)[C@@H](CCCCO)C=C(C(=NOCC)C[C@@H]1N(CCC)C(=O)C1CC1)[C@H]32. The highest BCUT2D eigenvalue weighted by Crippen LogP contribution is 2.62. The van der Waals surface area contributed by atoms with Gasteiger partial charge in [-0.05, 0) is 93.5 Å². The number of unbranched alkanes of at least 4 members (excludes halogenated alkanes) is 2. The quantitative estimate of drug-likeness (QED) is 0.0601. The van der Waals surface area contributed by atoms with Crippen LogP contribution in [0.4, 0.5) is 5.69 Å². The Morgan fingerprint density at radius 1 is 1.09 bits per heavy atom. The van der Waals surface area contributed by atoms with Gasteiger partial charge in [-0.1, -0.05) is 43.1 Å². The standard InChI is InChI=1S/C42H55N3O9/c1-4-20-44(41(48)28-16-17-28)38-27-36(43-52-6-3)34-24-29(12-7-9-21-46)33(15-8-10-22-47)39-35-26-32(53-31-14-11-13-30(25-31)45(49)50)18-19-37(35)54-42(38,40(34)39)51-23-5-2/h5,11,13-14,18-19,24-26,28-29,33,38-40,46-47H,2,4,6-10,12,15-17,20-23,27H2,1,3H3/t29-,33+,38-,39+,40+,42+/m0/s1. The topological polar surface area (TPSA) is 153 Å². The van der Waals surface area contributed by atoms with Crippen molar-refractivity contribution in [1.29, 1.82) is 0 Å². The maximum atomic E-state index is 14.2. The molecular weight excluding hydrogens is 690 g/mol. The van der Waals surface area contributed by atoms with Crippen LogP contribution in [0.25, 0.3) is 0 Å². The Kier molecular flexibility index (Phi) is 13.1. The Labute approximate surface area is 318 Å². The number of allylic oxidation sites excluding steroid dienone is 1. The number of benzene rings is 2. The lowest BCUT2D eigenvalue weighted by atomic mass is 9.55. The molecule has 54 heavy (non-hydrogen) atoms. The zero-order valence-electron chi connectivity index (χ0n) is 31.6. The molecular formula is C42H55N3O9. The summed E-state index contributed by atoms with van der Waals surface area (Å²) in [7, 11) is 0. The van der Waals surface area contributed by atoms with Crippen molar-refractivity contribution < 1.29 is 39.0 Å². The maximum absolute atomic E-state index is 14.2. The zero-order chi connectivity index (χ0) is 38.2. The van der Waals surface area contributed by atoms with Gasteiger partial charge in [0.25, 0.3) is 5.69 Å². The van der Waals surface area contributed by atoms with Crippen molar-refractivity contribution in [2.45, 2.75) is 95.8 Å².